The Kier molecular flexibility index (Phi) is 4.50. The molecule has 0 bridgehead atoms. The summed E-state index contributed by atoms with van der Waals surface area (Å²) in [5, 5.41) is 2.75. The Balaban J connectivity index is 1.51. The molecule has 136 valence electrons. The van der Waals surface area contributed by atoms with Crippen LogP contribution in [0.5, 0.6) is 0 Å². The summed E-state index contributed by atoms with van der Waals surface area (Å²) in [5.74, 6) is -0.0986. The van der Waals surface area contributed by atoms with Gasteiger partial charge < -0.3 is 14.6 Å². The van der Waals surface area contributed by atoms with E-state index in [1.807, 2.05) is 17.0 Å². The molecule has 4 rings (SSSR count). The molecule has 5 nitrogen and oxygen atoms in total. The zero-order valence-electron chi connectivity index (χ0n) is 15.1. The molecule has 5 heteroatoms. The summed E-state index contributed by atoms with van der Waals surface area (Å²) in [5.41, 5.74) is 4.63. The van der Waals surface area contributed by atoms with Gasteiger partial charge in [-0.1, -0.05) is 17.7 Å². The number of rotatable bonds is 3. The summed E-state index contributed by atoms with van der Waals surface area (Å²) in [6.45, 7) is 2.78. The lowest BCUT2D eigenvalue weighted by Gasteiger charge is -2.30. The van der Waals surface area contributed by atoms with Crippen LogP contribution in [0.1, 0.15) is 38.5 Å². The van der Waals surface area contributed by atoms with E-state index in [0.717, 1.165) is 18.5 Å². The lowest BCUT2D eigenvalue weighted by atomic mass is 9.99. The van der Waals surface area contributed by atoms with Crippen LogP contribution in [0.2, 0.25) is 0 Å². The number of carbonyl (C=O) groups is 2. The number of aryl methyl sites for hydroxylation is 2. The van der Waals surface area contributed by atoms with Crippen LogP contribution in [-0.4, -0.2) is 18.4 Å². The molecule has 3 aromatic rings. The van der Waals surface area contributed by atoms with Crippen LogP contribution in [0.25, 0.3) is 0 Å². The van der Waals surface area contributed by atoms with Gasteiger partial charge in [-0.15, -0.1) is 0 Å². The van der Waals surface area contributed by atoms with Crippen LogP contribution in [0, 0.1) is 6.92 Å². The number of furan rings is 1. The molecule has 0 radical (unpaired) electrons. The van der Waals surface area contributed by atoms with Crippen molar-refractivity contribution in [2.24, 2.45) is 0 Å². The van der Waals surface area contributed by atoms with E-state index in [9.17, 15) is 9.59 Å². The summed E-state index contributed by atoms with van der Waals surface area (Å²) >= 11 is 0. The Morgan fingerprint density at radius 3 is 2.63 bits per heavy atom. The van der Waals surface area contributed by atoms with Crippen LogP contribution >= 0.6 is 0 Å². The SMILES string of the molecule is Cc1ccc2c(c1)CCCN2C(=O)c1ccc(NC(=O)c2ccco2)cc1. The van der Waals surface area contributed by atoms with E-state index in [-0.39, 0.29) is 17.6 Å². The summed E-state index contributed by atoms with van der Waals surface area (Å²) in [4.78, 5) is 26.9. The predicted molar refractivity (Wildman–Crippen MR) is 104 cm³/mol. The number of nitrogens with zero attached hydrogens (tertiary/aromatic N) is 1. The van der Waals surface area contributed by atoms with Gasteiger partial charge in [0.1, 0.15) is 0 Å². The molecule has 0 fully saturated rings. The Morgan fingerprint density at radius 1 is 1.07 bits per heavy atom. The highest BCUT2D eigenvalue weighted by molar-refractivity contribution is 6.07. The first kappa shape index (κ1) is 17.1. The zero-order chi connectivity index (χ0) is 18.8. The van der Waals surface area contributed by atoms with Gasteiger partial charge in [0.15, 0.2) is 5.76 Å². The lowest BCUT2D eigenvalue weighted by molar-refractivity contribution is 0.0982. The summed E-state index contributed by atoms with van der Waals surface area (Å²) in [7, 11) is 0. The van der Waals surface area contributed by atoms with Crippen LogP contribution in [0.15, 0.2) is 65.3 Å². The molecule has 0 atom stereocenters. The normalized spacial score (nSPS) is 13.1. The van der Waals surface area contributed by atoms with Crippen molar-refractivity contribution in [2.45, 2.75) is 19.8 Å². The van der Waals surface area contributed by atoms with Crippen LogP contribution in [0.4, 0.5) is 11.4 Å². The fourth-order valence-corrected chi connectivity index (χ4v) is 3.39. The van der Waals surface area contributed by atoms with Crippen LogP contribution in [-0.2, 0) is 6.42 Å². The van der Waals surface area contributed by atoms with Gasteiger partial charge in [-0.3, -0.25) is 9.59 Å². The second kappa shape index (κ2) is 7.11. The monoisotopic (exact) mass is 360 g/mol. The third kappa shape index (κ3) is 3.49. The van der Waals surface area contributed by atoms with E-state index in [4.69, 9.17) is 4.42 Å². The van der Waals surface area contributed by atoms with Crippen molar-refractivity contribution in [1.29, 1.82) is 0 Å². The summed E-state index contributed by atoms with van der Waals surface area (Å²) in [6.07, 6.45) is 3.41. The Labute approximate surface area is 157 Å². The van der Waals surface area contributed by atoms with Gasteiger partial charge in [-0.2, -0.15) is 0 Å². The highest BCUT2D eigenvalue weighted by Gasteiger charge is 2.23. The number of amides is 2. The maximum atomic E-state index is 13.0. The van der Waals surface area contributed by atoms with Crippen molar-refractivity contribution in [3.8, 4) is 0 Å². The van der Waals surface area contributed by atoms with Gasteiger partial charge >= 0.3 is 0 Å². The molecule has 1 aliphatic heterocycles. The molecule has 0 spiro atoms. The first-order valence-electron chi connectivity index (χ1n) is 8.98. The molecule has 27 heavy (non-hydrogen) atoms. The maximum Gasteiger partial charge on any atom is 0.291 e. The molecular formula is C22H20N2O3. The molecule has 1 aromatic heterocycles. The highest BCUT2D eigenvalue weighted by Crippen LogP contribution is 2.29. The van der Waals surface area contributed by atoms with Crippen molar-refractivity contribution in [1.82, 2.24) is 0 Å². The predicted octanol–water partition coefficient (Wildman–Crippen LogP) is 4.43. The van der Waals surface area contributed by atoms with E-state index < -0.39 is 0 Å². The minimum absolute atomic E-state index is 0.0243. The molecule has 0 unspecified atom stereocenters. The van der Waals surface area contributed by atoms with Crippen molar-refractivity contribution in [3.63, 3.8) is 0 Å². The lowest BCUT2D eigenvalue weighted by Crippen LogP contribution is -2.35. The van der Waals surface area contributed by atoms with Gasteiger partial charge in [0, 0.05) is 23.5 Å². The number of benzene rings is 2. The fourth-order valence-electron chi connectivity index (χ4n) is 3.39. The van der Waals surface area contributed by atoms with Gasteiger partial charge in [-0.25, -0.2) is 0 Å². The quantitative estimate of drug-likeness (QED) is 0.751. The van der Waals surface area contributed by atoms with Crippen molar-refractivity contribution < 1.29 is 14.0 Å². The Bertz CT molecular complexity index is 975. The van der Waals surface area contributed by atoms with E-state index in [2.05, 4.69) is 18.3 Å². The maximum absolute atomic E-state index is 13.0. The molecule has 0 saturated heterocycles. The first-order valence-corrected chi connectivity index (χ1v) is 8.98. The molecular weight excluding hydrogens is 340 g/mol. The van der Waals surface area contributed by atoms with Gasteiger partial charge in [0.2, 0.25) is 0 Å². The molecule has 0 saturated carbocycles. The molecule has 2 aromatic carbocycles. The topological polar surface area (TPSA) is 62.6 Å². The van der Waals surface area contributed by atoms with E-state index in [1.54, 1.807) is 36.4 Å². The van der Waals surface area contributed by atoms with Crippen molar-refractivity contribution in [3.05, 3.63) is 83.3 Å². The largest absolute Gasteiger partial charge is 0.459 e. The van der Waals surface area contributed by atoms with Crippen LogP contribution in [0.3, 0.4) is 0 Å². The molecule has 2 amide bonds. The molecule has 1 N–H and O–H groups in total. The minimum Gasteiger partial charge on any atom is -0.459 e. The highest BCUT2D eigenvalue weighted by atomic mass is 16.3. The average molecular weight is 360 g/mol. The zero-order valence-corrected chi connectivity index (χ0v) is 15.1. The van der Waals surface area contributed by atoms with Gasteiger partial charge in [0.25, 0.3) is 11.8 Å². The molecule has 2 heterocycles. The summed E-state index contributed by atoms with van der Waals surface area (Å²) < 4.78 is 5.08. The average Bonchev–Trinajstić information content (AvgIpc) is 3.22. The fraction of sp³-hybridized carbons (Fsp3) is 0.182. The van der Waals surface area contributed by atoms with Crippen molar-refractivity contribution >= 4 is 23.2 Å². The van der Waals surface area contributed by atoms with Crippen molar-refractivity contribution in [2.75, 3.05) is 16.8 Å². The van der Waals surface area contributed by atoms with E-state index in [0.29, 0.717) is 17.8 Å². The van der Waals surface area contributed by atoms with E-state index >= 15 is 0 Å². The second-order valence-corrected chi connectivity index (χ2v) is 6.70. The third-order valence-corrected chi connectivity index (χ3v) is 4.73. The second-order valence-electron chi connectivity index (χ2n) is 6.70. The van der Waals surface area contributed by atoms with E-state index in [1.165, 1.54) is 17.4 Å². The summed E-state index contributed by atoms with van der Waals surface area (Å²) in [6, 6.07) is 16.4. The molecule has 1 aliphatic rings. The van der Waals surface area contributed by atoms with Gasteiger partial charge in [0.05, 0.1) is 6.26 Å². The van der Waals surface area contributed by atoms with Gasteiger partial charge in [-0.05, 0) is 67.8 Å². The number of nitrogens with one attached hydrogen (secondary N) is 1. The number of carbonyl (C=O) groups excluding carboxylic acids is 2. The Hall–Kier alpha value is -3.34. The number of fused-ring (bicyclic) bond motifs is 1. The smallest absolute Gasteiger partial charge is 0.291 e. The minimum atomic E-state index is -0.320. The standard InChI is InChI=1S/C22H20N2O3/c1-15-6-11-19-17(14-15)4-2-12-24(19)22(26)16-7-9-18(10-8-16)23-21(25)20-5-3-13-27-20/h3,5-11,13-14H,2,4,12H2,1H3,(H,23,25). The first-order chi connectivity index (χ1) is 13.1. The molecule has 0 aliphatic carbocycles. The Morgan fingerprint density at radius 2 is 1.89 bits per heavy atom. The van der Waals surface area contributed by atoms with Crippen LogP contribution < -0.4 is 10.2 Å². The number of hydrogen-bond donors (Lipinski definition) is 1. The number of hydrogen-bond acceptors (Lipinski definition) is 3. The number of anilines is 2. The third-order valence-electron chi connectivity index (χ3n) is 4.73.